The Hall–Kier alpha value is -3.89. The molecule has 1 atom stereocenters. The molecular weight excluding hydrogens is 482 g/mol. The number of carboxylic acid groups (broad SMARTS) is 1. The van der Waals surface area contributed by atoms with Crippen LogP contribution >= 0.6 is 22.9 Å². The number of rotatable bonds is 6. The summed E-state index contributed by atoms with van der Waals surface area (Å²) in [5.41, 5.74) is 2.96. The van der Waals surface area contributed by atoms with Gasteiger partial charge in [-0.2, -0.15) is 0 Å². The van der Waals surface area contributed by atoms with Gasteiger partial charge in [-0.25, -0.2) is 14.6 Å². The Morgan fingerprint density at radius 2 is 1.85 bits per heavy atom. The molecule has 2 N–H and O–H groups in total. The minimum absolute atomic E-state index is 0.0136. The van der Waals surface area contributed by atoms with Crippen LogP contribution < -0.4 is 10.1 Å². The number of benzene rings is 2. The van der Waals surface area contributed by atoms with Crippen LogP contribution in [0, 0.1) is 6.92 Å². The van der Waals surface area contributed by atoms with Gasteiger partial charge in [-0.3, -0.25) is 5.32 Å². The zero-order valence-corrected chi connectivity index (χ0v) is 19.5. The molecule has 0 aliphatic heterocycles. The summed E-state index contributed by atoms with van der Waals surface area (Å²) in [7, 11) is 0. The Balaban J connectivity index is 1.49. The summed E-state index contributed by atoms with van der Waals surface area (Å²) in [5, 5.41) is 18.1. The van der Waals surface area contributed by atoms with E-state index in [0.717, 1.165) is 5.56 Å². The van der Waals surface area contributed by atoms with Gasteiger partial charge in [-0.15, -0.1) is 11.3 Å². The lowest BCUT2D eigenvalue weighted by Gasteiger charge is -2.15. The van der Waals surface area contributed by atoms with Crippen molar-refractivity contribution in [2.75, 3.05) is 5.32 Å². The van der Waals surface area contributed by atoms with E-state index in [2.05, 4.69) is 20.2 Å². The lowest BCUT2D eigenvalue weighted by Crippen LogP contribution is -2.17. The maximum atomic E-state index is 12.6. The van der Waals surface area contributed by atoms with Gasteiger partial charge in [0.05, 0.1) is 5.38 Å². The summed E-state index contributed by atoms with van der Waals surface area (Å²) in [6.07, 6.45) is -2.66. The standard InChI is InChI=1S/C23H18ClN3O6S/c1-12(16-5-3-4-6-17(16)24)31-22(28)26-19-13(2)33-27-20(19)14-7-9-15(10-8-14)21-25-18(11-34-21)32-23(29)30/h3-12H,1-2H3,(H,26,28)(H,29,30). The van der Waals surface area contributed by atoms with Crippen molar-refractivity contribution in [2.45, 2.75) is 20.0 Å². The number of amides is 1. The maximum Gasteiger partial charge on any atom is 0.512 e. The predicted octanol–water partition coefficient (Wildman–Crippen LogP) is 6.79. The molecule has 0 spiro atoms. The van der Waals surface area contributed by atoms with Crippen molar-refractivity contribution in [1.29, 1.82) is 0 Å². The van der Waals surface area contributed by atoms with Crippen LogP contribution in [-0.2, 0) is 4.74 Å². The number of hydrogen-bond acceptors (Lipinski definition) is 8. The molecule has 174 valence electrons. The monoisotopic (exact) mass is 499 g/mol. The second kappa shape index (κ2) is 9.94. The molecule has 4 rings (SSSR count). The van der Waals surface area contributed by atoms with Crippen LogP contribution in [0.3, 0.4) is 0 Å². The van der Waals surface area contributed by atoms with Crippen LogP contribution in [0.5, 0.6) is 5.88 Å². The van der Waals surface area contributed by atoms with E-state index in [4.69, 9.17) is 26.0 Å². The average Bonchev–Trinajstić information content (AvgIpc) is 3.40. The smallest absolute Gasteiger partial charge is 0.449 e. The molecule has 0 saturated heterocycles. The highest BCUT2D eigenvalue weighted by molar-refractivity contribution is 7.13. The summed E-state index contributed by atoms with van der Waals surface area (Å²) < 4.78 is 15.3. The normalized spacial score (nSPS) is 11.6. The Morgan fingerprint density at radius 3 is 2.56 bits per heavy atom. The van der Waals surface area contributed by atoms with Crippen LogP contribution in [0.15, 0.2) is 58.4 Å². The third-order valence-corrected chi connectivity index (χ3v) is 6.01. The first kappa shape index (κ1) is 23.3. The highest BCUT2D eigenvalue weighted by Crippen LogP contribution is 2.34. The van der Waals surface area contributed by atoms with E-state index in [9.17, 15) is 9.59 Å². The van der Waals surface area contributed by atoms with E-state index in [0.29, 0.717) is 38.3 Å². The average molecular weight is 500 g/mol. The number of aromatic nitrogens is 2. The highest BCUT2D eigenvalue weighted by Gasteiger charge is 2.20. The first-order valence-corrected chi connectivity index (χ1v) is 11.2. The Kier molecular flexibility index (Phi) is 6.80. The Morgan fingerprint density at radius 1 is 1.15 bits per heavy atom. The number of carbonyl (C=O) groups excluding carboxylic acids is 1. The molecule has 4 aromatic rings. The SMILES string of the molecule is Cc1onc(-c2ccc(-c3nc(OC(=O)O)cs3)cc2)c1NC(=O)OC(C)c1ccccc1Cl. The number of hydrogen-bond donors (Lipinski definition) is 2. The van der Waals surface area contributed by atoms with Gasteiger partial charge in [-0.05, 0) is 19.9 Å². The van der Waals surface area contributed by atoms with Crippen LogP contribution in [0.1, 0.15) is 24.4 Å². The number of aryl methyl sites for hydroxylation is 1. The predicted molar refractivity (Wildman–Crippen MR) is 126 cm³/mol. The van der Waals surface area contributed by atoms with Gasteiger partial charge in [0.25, 0.3) is 0 Å². The summed E-state index contributed by atoms with van der Waals surface area (Å²) in [6, 6.07) is 14.3. The van der Waals surface area contributed by atoms with Gasteiger partial charge < -0.3 is 19.1 Å². The summed E-state index contributed by atoms with van der Waals surface area (Å²) in [5.74, 6) is 0.427. The van der Waals surface area contributed by atoms with E-state index in [1.54, 1.807) is 56.3 Å². The molecule has 2 heterocycles. The van der Waals surface area contributed by atoms with Crippen molar-refractivity contribution in [3.63, 3.8) is 0 Å². The molecule has 1 unspecified atom stereocenters. The Labute approximate surface area is 202 Å². The molecule has 34 heavy (non-hydrogen) atoms. The van der Waals surface area contributed by atoms with Gasteiger partial charge in [-0.1, -0.05) is 59.2 Å². The van der Waals surface area contributed by atoms with Gasteiger partial charge in [0.15, 0.2) is 5.76 Å². The quantitative estimate of drug-likeness (QED) is 0.278. The van der Waals surface area contributed by atoms with Crippen LogP contribution in [0.25, 0.3) is 21.8 Å². The molecule has 1 amide bonds. The second-order valence-electron chi connectivity index (χ2n) is 7.09. The van der Waals surface area contributed by atoms with Crippen LogP contribution in [0.2, 0.25) is 5.02 Å². The molecule has 2 aromatic carbocycles. The number of anilines is 1. The first-order valence-electron chi connectivity index (χ1n) is 9.97. The van der Waals surface area contributed by atoms with E-state index in [-0.39, 0.29) is 5.88 Å². The maximum absolute atomic E-state index is 12.6. The van der Waals surface area contributed by atoms with Crippen LogP contribution in [-0.4, -0.2) is 27.5 Å². The van der Waals surface area contributed by atoms with E-state index in [1.165, 1.54) is 16.7 Å². The third kappa shape index (κ3) is 5.19. The molecule has 0 aliphatic rings. The van der Waals surface area contributed by atoms with Crippen molar-refractivity contribution in [2.24, 2.45) is 0 Å². The second-order valence-corrected chi connectivity index (χ2v) is 8.36. The molecule has 0 aliphatic carbocycles. The molecule has 0 saturated carbocycles. The number of ether oxygens (including phenoxy) is 2. The van der Waals surface area contributed by atoms with Gasteiger partial charge in [0.2, 0.25) is 5.88 Å². The summed E-state index contributed by atoms with van der Waals surface area (Å²) >= 11 is 7.43. The number of thiazole rings is 1. The van der Waals surface area contributed by atoms with Gasteiger partial charge >= 0.3 is 12.2 Å². The zero-order valence-electron chi connectivity index (χ0n) is 17.9. The molecule has 0 radical (unpaired) electrons. The third-order valence-electron chi connectivity index (χ3n) is 4.80. The lowest BCUT2D eigenvalue weighted by molar-refractivity contribution is 0.121. The number of nitrogens with zero attached hydrogens (tertiary/aromatic N) is 2. The minimum atomic E-state index is -1.42. The van der Waals surface area contributed by atoms with E-state index < -0.39 is 18.4 Å². The first-order chi connectivity index (χ1) is 16.3. The van der Waals surface area contributed by atoms with Crippen LogP contribution in [0.4, 0.5) is 15.3 Å². The minimum Gasteiger partial charge on any atom is -0.449 e. The number of halogens is 1. The molecule has 9 nitrogen and oxygen atoms in total. The fourth-order valence-electron chi connectivity index (χ4n) is 3.18. The fraction of sp³-hybridized carbons (Fsp3) is 0.130. The van der Waals surface area contributed by atoms with Crippen molar-refractivity contribution in [3.05, 3.63) is 70.3 Å². The van der Waals surface area contributed by atoms with Crippen molar-refractivity contribution in [3.8, 4) is 27.7 Å². The zero-order chi connectivity index (χ0) is 24.2. The van der Waals surface area contributed by atoms with Crippen molar-refractivity contribution < 1.29 is 28.7 Å². The molecule has 0 bridgehead atoms. The van der Waals surface area contributed by atoms with Crippen molar-refractivity contribution >= 4 is 40.9 Å². The highest BCUT2D eigenvalue weighted by atomic mass is 35.5. The summed E-state index contributed by atoms with van der Waals surface area (Å²) in [4.78, 5) is 27.3. The molecule has 11 heteroatoms. The summed E-state index contributed by atoms with van der Waals surface area (Å²) in [6.45, 7) is 3.41. The lowest BCUT2D eigenvalue weighted by atomic mass is 10.1. The van der Waals surface area contributed by atoms with E-state index in [1.807, 2.05) is 6.07 Å². The Bertz CT molecular complexity index is 1330. The van der Waals surface area contributed by atoms with Gasteiger partial charge in [0, 0.05) is 21.7 Å². The topological polar surface area (TPSA) is 124 Å². The number of carbonyl (C=O) groups is 2. The number of nitrogens with one attached hydrogen (secondary N) is 1. The van der Waals surface area contributed by atoms with Crippen molar-refractivity contribution in [1.82, 2.24) is 10.1 Å². The molecular formula is C23H18ClN3O6S. The van der Waals surface area contributed by atoms with E-state index >= 15 is 0 Å². The fourth-order valence-corrected chi connectivity index (χ4v) is 4.19. The molecule has 2 aromatic heterocycles. The largest absolute Gasteiger partial charge is 0.512 e. The van der Waals surface area contributed by atoms with Gasteiger partial charge in [0.1, 0.15) is 22.5 Å². The molecule has 0 fully saturated rings.